The molecule has 76 valence electrons. The minimum Gasteiger partial charge on any atom is -0.366 e. The van der Waals surface area contributed by atoms with Gasteiger partial charge in [-0.25, -0.2) is 0 Å². The Kier molecular flexibility index (Phi) is 4.08. The molecule has 1 nitrogen and oxygen atoms in total. The summed E-state index contributed by atoms with van der Waals surface area (Å²) in [6.45, 7) is 5.23. The van der Waals surface area contributed by atoms with Crippen molar-refractivity contribution in [2.45, 2.75) is 20.3 Å². The number of nitrogens with zero attached hydrogens (tertiary/aromatic N) is 1. The van der Waals surface area contributed by atoms with Gasteiger partial charge in [-0.2, -0.15) is 0 Å². The van der Waals surface area contributed by atoms with Crippen molar-refractivity contribution < 1.29 is 0 Å². The van der Waals surface area contributed by atoms with Crippen molar-refractivity contribution in [1.82, 2.24) is 4.90 Å². The first kappa shape index (κ1) is 11.2. The second-order valence-electron chi connectivity index (χ2n) is 3.33. The van der Waals surface area contributed by atoms with Crippen LogP contribution in [0.5, 0.6) is 0 Å². The molecule has 1 aromatic rings. The molecule has 0 unspecified atom stereocenters. The van der Waals surface area contributed by atoms with Gasteiger partial charge in [0.1, 0.15) is 4.99 Å². The van der Waals surface area contributed by atoms with E-state index in [1.165, 1.54) is 11.1 Å². The van der Waals surface area contributed by atoms with Crippen molar-refractivity contribution in [3.05, 3.63) is 35.4 Å². The summed E-state index contributed by atoms with van der Waals surface area (Å²) < 4.78 is 0. The molecule has 0 spiro atoms. The highest BCUT2D eigenvalue weighted by molar-refractivity contribution is 7.80. The van der Waals surface area contributed by atoms with Crippen molar-refractivity contribution in [1.29, 1.82) is 0 Å². The van der Waals surface area contributed by atoms with Gasteiger partial charge in [0.2, 0.25) is 0 Å². The molecule has 0 N–H and O–H groups in total. The lowest BCUT2D eigenvalue weighted by Crippen LogP contribution is -2.26. The summed E-state index contributed by atoms with van der Waals surface area (Å²) >= 11 is 5.42. The third-order valence-electron chi connectivity index (χ3n) is 2.45. The number of hydrogen-bond acceptors (Lipinski definition) is 1. The van der Waals surface area contributed by atoms with Crippen LogP contribution in [-0.4, -0.2) is 23.5 Å². The summed E-state index contributed by atoms with van der Waals surface area (Å²) in [5.41, 5.74) is 2.53. The fourth-order valence-electron chi connectivity index (χ4n) is 1.39. The van der Waals surface area contributed by atoms with Gasteiger partial charge < -0.3 is 4.90 Å². The van der Waals surface area contributed by atoms with E-state index in [2.05, 4.69) is 36.9 Å². The zero-order chi connectivity index (χ0) is 10.6. The molecule has 0 aliphatic rings. The van der Waals surface area contributed by atoms with Gasteiger partial charge >= 0.3 is 0 Å². The lowest BCUT2D eigenvalue weighted by Gasteiger charge is -2.19. The first-order valence-electron chi connectivity index (χ1n) is 5.04. The molecule has 0 radical (unpaired) electrons. The van der Waals surface area contributed by atoms with Crippen LogP contribution in [0, 0.1) is 0 Å². The van der Waals surface area contributed by atoms with Gasteiger partial charge in [0.05, 0.1) is 0 Å². The molecule has 0 aliphatic heterocycles. The van der Waals surface area contributed by atoms with Crippen LogP contribution in [0.2, 0.25) is 0 Å². The third kappa shape index (κ3) is 2.32. The molecule has 0 fully saturated rings. The molecule has 0 saturated carbocycles. The van der Waals surface area contributed by atoms with Gasteiger partial charge in [0, 0.05) is 19.2 Å². The monoisotopic (exact) mass is 207 g/mol. The van der Waals surface area contributed by atoms with Gasteiger partial charge in [-0.15, -0.1) is 0 Å². The van der Waals surface area contributed by atoms with Crippen molar-refractivity contribution >= 4 is 17.2 Å². The first-order chi connectivity index (χ1) is 6.70. The van der Waals surface area contributed by atoms with Gasteiger partial charge in [-0.05, 0) is 18.9 Å². The van der Waals surface area contributed by atoms with Crippen LogP contribution >= 0.6 is 12.2 Å². The average Bonchev–Trinajstić information content (AvgIpc) is 2.26. The Bertz CT molecular complexity index is 320. The largest absolute Gasteiger partial charge is 0.366 e. The zero-order valence-electron chi connectivity index (χ0n) is 9.08. The molecular weight excluding hydrogens is 190 g/mol. The summed E-state index contributed by atoms with van der Waals surface area (Å²) in [7, 11) is 2.04. The van der Waals surface area contributed by atoms with Crippen molar-refractivity contribution in [2.24, 2.45) is 0 Å². The molecule has 2 heteroatoms. The molecule has 14 heavy (non-hydrogen) atoms. The Labute approximate surface area is 91.7 Å². The van der Waals surface area contributed by atoms with E-state index in [1.54, 1.807) is 0 Å². The second-order valence-corrected chi connectivity index (χ2v) is 3.72. The predicted octanol–water partition coefficient (Wildman–Crippen LogP) is 2.88. The number of benzene rings is 1. The maximum atomic E-state index is 5.42. The molecule has 1 rings (SSSR count). The zero-order valence-corrected chi connectivity index (χ0v) is 9.90. The van der Waals surface area contributed by atoms with Crippen LogP contribution in [0.15, 0.2) is 24.3 Å². The van der Waals surface area contributed by atoms with E-state index in [-0.39, 0.29) is 0 Å². The molecule has 0 atom stereocenters. The number of aryl methyl sites for hydroxylation is 1. The van der Waals surface area contributed by atoms with E-state index >= 15 is 0 Å². The Balaban J connectivity index is 3.00. The number of hydrogen-bond donors (Lipinski definition) is 0. The van der Waals surface area contributed by atoms with Gasteiger partial charge in [-0.1, -0.05) is 43.4 Å². The van der Waals surface area contributed by atoms with E-state index in [4.69, 9.17) is 12.2 Å². The first-order valence-corrected chi connectivity index (χ1v) is 5.44. The maximum absolute atomic E-state index is 5.42. The topological polar surface area (TPSA) is 3.24 Å². The van der Waals surface area contributed by atoms with Gasteiger partial charge in [-0.3, -0.25) is 0 Å². The number of thiocarbonyl (C=S) groups is 1. The molecule has 0 heterocycles. The normalized spacial score (nSPS) is 9.93. The van der Waals surface area contributed by atoms with Gasteiger partial charge in [0.15, 0.2) is 0 Å². The number of rotatable bonds is 3. The van der Waals surface area contributed by atoms with E-state index in [9.17, 15) is 0 Å². The maximum Gasteiger partial charge on any atom is 0.109 e. The third-order valence-corrected chi connectivity index (χ3v) is 2.98. The fourth-order valence-corrected chi connectivity index (χ4v) is 1.71. The standard InChI is InChI=1S/C12H17NS/c1-4-10-8-6-7-9-11(10)12(14)13(3)5-2/h6-9H,4-5H2,1-3H3. The second kappa shape index (κ2) is 5.11. The van der Waals surface area contributed by atoms with Crippen LogP contribution in [0.25, 0.3) is 0 Å². The quantitative estimate of drug-likeness (QED) is 0.701. The van der Waals surface area contributed by atoms with Crippen LogP contribution in [0.1, 0.15) is 25.0 Å². The molecule has 0 aliphatic carbocycles. The SMILES string of the molecule is CCc1ccccc1C(=S)N(C)CC. The molecule has 1 aromatic carbocycles. The van der Waals surface area contributed by atoms with Crippen molar-refractivity contribution in [3.63, 3.8) is 0 Å². The molecule has 0 amide bonds. The van der Waals surface area contributed by atoms with Crippen molar-refractivity contribution in [2.75, 3.05) is 13.6 Å². The lowest BCUT2D eigenvalue weighted by atomic mass is 10.1. The highest BCUT2D eigenvalue weighted by Crippen LogP contribution is 2.12. The lowest BCUT2D eigenvalue weighted by molar-refractivity contribution is 0.546. The minimum atomic E-state index is 0.949. The Morgan fingerprint density at radius 3 is 2.50 bits per heavy atom. The highest BCUT2D eigenvalue weighted by Gasteiger charge is 2.08. The van der Waals surface area contributed by atoms with Crippen LogP contribution in [0.4, 0.5) is 0 Å². The Hall–Kier alpha value is -0.890. The smallest absolute Gasteiger partial charge is 0.109 e. The van der Waals surface area contributed by atoms with Crippen molar-refractivity contribution in [3.8, 4) is 0 Å². The fraction of sp³-hybridized carbons (Fsp3) is 0.417. The average molecular weight is 207 g/mol. The Morgan fingerprint density at radius 2 is 1.93 bits per heavy atom. The summed E-state index contributed by atoms with van der Waals surface area (Å²) in [6.07, 6.45) is 1.04. The van der Waals surface area contributed by atoms with Crippen LogP contribution in [-0.2, 0) is 6.42 Å². The summed E-state index contributed by atoms with van der Waals surface area (Å²) in [4.78, 5) is 3.05. The molecule has 0 bridgehead atoms. The predicted molar refractivity (Wildman–Crippen MR) is 65.8 cm³/mol. The van der Waals surface area contributed by atoms with E-state index < -0.39 is 0 Å². The summed E-state index contributed by atoms with van der Waals surface area (Å²) in [5.74, 6) is 0. The summed E-state index contributed by atoms with van der Waals surface area (Å²) in [6, 6.07) is 8.36. The van der Waals surface area contributed by atoms with E-state index in [1.807, 2.05) is 13.1 Å². The minimum absolute atomic E-state index is 0.949. The summed E-state index contributed by atoms with van der Waals surface area (Å²) in [5, 5.41) is 0. The van der Waals surface area contributed by atoms with Crippen LogP contribution < -0.4 is 0 Å². The molecule has 0 aromatic heterocycles. The van der Waals surface area contributed by atoms with Gasteiger partial charge in [0.25, 0.3) is 0 Å². The van der Waals surface area contributed by atoms with E-state index in [0.29, 0.717) is 0 Å². The molecule has 0 saturated heterocycles. The Morgan fingerprint density at radius 1 is 1.29 bits per heavy atom. The highest BCUT2D eigenvalue weighted by atomic mass is 32.1. The molecular formula is C12H17NS. The van der Waals surface area contributed by atoms with E-state index in [0.717, 1.165) is 18.0 Å². The van der Waals surface area contributed by atoms with Crippen LogP contribution in [0.3, 0.4) is 0 Å².